The summed E-state index contributed by atoms with van der Waals surface area (Å²) in [5.41, 5.74) is 1.42. The molecule has 1 amide bonds. The number of carbonyl (C=O) groups is 1. The van der Waals surface area contributed by atoms with E-state index in [1.807, 2.05) is 49.1 Å². The molecule has 0 radical (unpaired) electrons. The van der Waals surface area contributed by atoms with Gasteiger partial charge in [-0.3, -0.25) is 9.79 Å². The van der Waals surface area contributed by atoms with Gasteiger partial charge in [-0.05, 0) is 44.1 Å². The summed E-state index contributed by atoms with van der Waals surface area (Å²) in [7, 11) is 1.75. The Morgan fingerprint density at radius 1 is 1.17 bits per heavy atom. The minimum atomic E-state index is 0. The summed E-state index contributed by atoms with van der Waals surface area (Å²) in [6.45, 7) is 8.06. The number of aliphatic imine (C=N–C) groups is 1. The van der Waals surface area contributed by atoms with E-state index in [0.29, 0.717) is 19.0 Å². The van der Waals surface area contributed by atoms with Crippen LogP contribution < -0.4 is 10.6 Å². The fourth-order valence-corrected chi connectivity index (χ4v) is 4.02. The maximum atomic E-state index is 12.7. The Hall–Kier alpha value is -1.35. The molecule has 1 aromatic rings. The molecule has 0 bridgehead atoms. The molecular formula is C23H39IN4O2. The normalized spacial score (nSPS) is 15.4. The summed E-state index contributed by atoms with van der Waals surface area (Å²) < 4.78 is 5.60. The van der Waals surface area contributed by atoms with Gasteiger partial charge in [0, 0.05) is 39.9 Å². The van der Waals surface area contributed by atoms with Crippen LogP contribution in [0.4, 0.5) is 0 Å². The van der Waals surface area contributed by atoms with Gasteiger partial charge in [0.05, 0.1) is 6.54 Å². The Bertz CT molecular complexity index is 633. The van der Waals surface area contributed by atoms with Gasteiger partial charge in [-0.2, -0.15) is 0 Å². The number of rotatable bonds is 11. The summed E-state index contributed by atoms with van der Waals surface area (Å²) in [5, 5.41) is 6.65. The summed E-state index contributed by atoms with van der Waals surface area (Å²) in [6, 6.07) is 10.1. The van der Waals surface area contributed by atoms with Gasteiger partial charge in [0.1, 0.15) is 0 Å². The van der Waals surface area contributed by atoms with Crippen LogP contribution in [-0.2, 0) is 16.1 Å². The van der Waals surface area contributed by atoms with E-state index in [9.17, 15) is 4.79 Å². The lowest BCUT2D eigenvalue weighted by molar-refractivity contribution is -0.130. The highest BCUT2D eigenvalue weighted by molar-refractivity contribution is 14.0. The minimum Gasteiger partial charge on any atom is -0.382 e. The fourth-order valence-electron chi connectivity index (χ4n) is 4.02. The number of nitrogens with one attached hydrogen (secondary N) is 2. The predicted molar refractivity (Wildman–Crippen MR) is 134 cm³/mol. The van der Waals surface area contributed by atoms with Crippen LogP contribution in [0.25, 0.3) is 0 Å². The van der Waals surface area contributed by atoms with Gasteiger partial charge < -0.3 is 20.3 Å². The van der Waals surface area contributed by atoms with Crippen molar-refractivity contribution in [3.63, 3.8) is 0 Å². The van der Waals surface area contributed by atoms with Crippen molar-refractivity contribution >= 4 is 35.8 Å². The van der Waals surface area contributed by atoms with Crippen LogP contribution in [0.5, 0.6) is 0 Å². The van der Waals surface area contributed by atoms with Crippen LogP contribution >= 0.6 is 24.0 Å². The van der Waals surface area contributed by atoms with E-state index in [4.69, 9.17) is 4.74 Å². The first kappa shape index (κ1) is 26.7. The molecule has 2 rings (SSSR count). The highest BCUT2D eigenvalue weighted by atomic mass is 127. The van der Waals surface area contributed by atoms with Gasteiger partial charge in [0.15, 0.2) is 5.96 Å². The number of carbonyl (C=O) groups excluding carboxylic acids is 1. The van der Waals surface area contributed by atoms with Crippen molar-refractivity contribution in [3.8, 4) is 0 Å². The lowest BCUT2D eigenvalue weighted by atomic mass is 9.83. The molecule has 1 fully saturated rings. The number of guanidine groups is 1. The fraction of sp³-hybridized carbons (Fsp3) is 0.652. The Labute approximate surface area is 199 Å². The van der Waals surface area contributed by atoms with E-state index in [-0.39, 0.29) is 41.8 Å². The third-order valence-corrected chi connectivity index (χ3v) is 5.86. The van der Waals surface area contributed by atoms with Gasteiger partial charge in [0.25, 0.3) is 0 Å². The zero-order valence-corrected chi connectivity index (χ0v) is 21.1. The number of hydrogen-bond donors (Lipinski definition) is 2. The maximum absolute atomic E-state index is 12.7. The quantitative estimate of drug-likeness (QED) is 0.198. The first-order chi connectivity index (χ1) is 14.1. The van der Waals surface area contributed by atoms with Crippen molar-refractivity contribution in [1.29, 1.82) is 0 Å². The van der Waals surface area contributed by atoms with Crippen molar-refractivity contribution in [1.82, 2.24) is 15.5 Å². The van der Waals surface area contributed by atoms with Crippen LogP contribution in [-0.4, -0.2) is 56.7 Å². The van der Waals surface area contributed by atoms with Crippen LogP contribution in [0.2, 0.25) is 0 Å². The average molecular weight is 530 g/mol. The van der Waals surface area contributed by atoms with Crippen LogP contribution in [0, 0.1) is 5.41 Å². The van der Waals surface area contributed by atoms with Crippen LogP contribution in [0.1, 0.15) is 51.5 Å². The molecule has 1 aliphatic carbocycles. The Morgan fingerprint density at radius 2 is 1.87 bits per heavy atom. The smallest absolute Gasteiger partial charge is 0.242 e. The topological polar surface area (TPSA) is 66.0 Å². The molecule has 0 unspecified atom stereocenters. The highest BCUT2D eigenvalue weighted by Gasteiger charge is 2.33. The van der Waals surface area contributed by atoms with Crippen molar-refractivity contribution in [2.45, 2.75) is 52.5 Å². The molecule has 0 aliphatic heterocycles. The first-order valence-electron chi connectivity index (χ1n) is 11.0. The monoisotopic (exact) mass is 530 g/mol. The molecule has 170 valence electrons. The zero-order valence-electron chi connectivity index (χ0n) is 18.8. The highest BCUT2D eigenvalue weighted by Crippen LogP contribution is 2.40. The molecule has 1 aliphatic rings. The van der Waals surface area contributed by atoms with Gasteiger partial charge in [-0.25, -0.2) is 0 Å². The standard InChI is InChI=1S/C23H38N4O2.HI/c1-4-27(18-20-11-7-6-8-12-20)21(28)17-25-22(24-3)26-19-23(13-9-10-14-23)15-16-29-5-2;/h6-8,11-12H,4-5,9-10,13-19H2,1-3H3,(H2,24,25,26);1H. The van der Waals surface area contributed by atoms with E-state index < -0.39 is 0 Å². The lowest BCUT2D eigenvalue weighted by Crippen LogP contribution is -2.47. The number of amides is 1. The molecule has 1 saturated carbocycles. The van der Waals surface area contributed by atoms with Gasteiger partial charge in [0.2, 0.25) is 5.91 Å². The predicted octanol–water partition coefficient (Wildman–Crippen LogP) is 3.81. The lowest BCUT2D eigenvalue weighted by Gasteiger charge is -2.30. The molecule has 30 heavy (non-hydrogen) atoms. The van der Waals surface area contributed by atoms with Crippen LogP contribution in [0.3, 0.4) is 0 Å². The Morgan fingerprint density at radius 3 is 2.47 bits per heavy atom. The number of halogens is 1. The van der Waals surface area contributed by atoms with Gasteiger partial charge >= 0.3 is 0 Å². The summed E-state index contributed by atoms with van der Waals surface area (Å²) >= 11 is 0. The Balaban J connectivity index is 0.00000450. The maximum Gasteiger partial charge on any atom is 0.242 e. The van der Waals surface area contributed by atoms with E-state index >= 15 is 0 Å². The number of benzene rings is 1. The Kier molecular flexibility index (Phi) is 13.0. The molecule has 0 heterocycles. The molecule has 0 saturated heterocycles. The van der Waals surface area contributed by atoms with E-state index in [0.717, 1.165) is 31.7 Å². The second-order valence-electron chi connectivity index (χ2n) is 7.83. The second kappa shape index (κ2) is 14.6. The SMILES string of the molecule is CCOCCC1(CNC(=NC)NCC(=O)N(CC)Cc2ccccc2)CCCC1.I. The van der Waals surface area contributed by atoms with Crippen molar-refractivity contribution in [2.75, 3.05) is 39.9 Å². The molecule has 0 aromatic heterocycles. The van der Waals surface area contributed by atoms with Crippen molar-refractivity contribution in [3.05, 3.63) is 35.9 Å². The van der Waals surface area contributed by atoms with E-state index in [2.05, 4.69) is 15.6 Å². The average Bonchev–Trinajstić information content (AvgIpc) is 3.22. The number of hydrogen-bond acceptors (Lipinski definition) is 3. The van der Waals surface area contributed by atoms with Crippen molar-refractivity contribution in [2.24, 2.45) is 10.4 Å². The van der Waals surface area contributed by atoms with Crippen molar-refractivity contribution < 1.29 is 9.53 Å². The number of nitrogens with zero attached hydrogens (tertiary/aromatic N) is 2. The number of likely N-dealkylation sites (N-methyl/N-ethyl adjacent to an activating group) is 1. The molecule has 2 N–H and O–H groups in total. The zero-order chi connectivity index (χ0) is 21.0. The van der Waals surface area contributed by atoms with Gasteiger partial charge in [-0.15, -0.1) is 24.0 Å². The molecule has 6 nitrogen and oxygen atoms in total. The van der Waals surface area contributed by atoms with Crippen LogP contribution in [0.15, 0.2) is 35.3 Å². The van der Waals surface area contributed by atoms with E-state index in [1.54, 1.807) is 7.05 Å². The summed E-state index contributed by atoms with van der Waals surface area (Å²) in [5.74, 6) is 0.767. The molecule has 0 spiro atoms. The summed E-state index contributed by atoms with van der Waals surface area (Å²) in [6.07, 6.45) is 6.09. The molecule has 0 atom stereocenters. The van der Waals surface area contributed by atoms with Gasteiger partial charge in [-0.1, -0.05) is 43.2 Å². The summed E-state index contributed by atoms with van der Waals surface area (Å²) in [4.78, 5) is 18.8. The first-order valence-corrected chi connectivity index (χ1v) is 11.0. The molecule has 1 aromatic carbocycles. The third kappa shape index (κ3) is 8.79. The molecular weight excluding hydrogens is 491 g/mol. The minimum absolute atomic E-state index is 0. The van der Waals surface area contributed by atoms with E-state index in [1.165, 1.54) is 25.7 Å². The molecule has 7 heteroatoms. The third-order valence-electron chi connectivity index (χ3n) is 5.86. The largest absolute Gasteiger partial charge is 0.382 e. The second-order valence-corrected chi connectivity index (χ2v) is 7.83. The number of ether oxygens (including phenoxy) is 1.